The van der Waals surface area contributed by atoms with E-state index in [4.69, 9.17) is 0 Å². The molecule has 9 aromatic carbocycles. The van der Waals surface area contributed by atoms with Gasteiger partial charge < -0.3 is 0 Å². The van der Waals surface area contributed by atoms with Gasteiger partial charge in [0.15, 0.2) is 24.8 Å². The second kappa shape index (κ2) is 33.6. The Bertz CT molecular complexity index is 5740. The lowest BCUT2D eigenvalue weighted by Crippen LogP contribution is -2.48. The molecule has 0 N–H and O–H groups in total. The zero-order valence-electron chi connectivity index (χ0n) is 73.4. The maximum Gasteiger partial charge on any atom is 0.220 e. The number of aromatic nitrogens is 4. The van der Waals surface area contributed by atoms with E-state index in [-0.39, 0.29) is 0 Å². The third kappa shape index (κ3) is 16.4. The van der Waals surface area contributed by atoms with Crippen molar-refractivity contribution in [2.45, 2.75) is 233 Å². The summed E-state index contributed by atoms with van der Waals surface area (Å²) in [6.45, 7) is 40.6. The molecule has 8 heteroatoms. The zero-order valence-corrected chi connectivity index (χ0v) is 77.4. The van der Waals surface area contributed by atoms with Crippen LogP contribution < -0.4 is 39.0 Å². The summed E-state index contributed by atoms with van der Waals surface area (Å²) in [5.74, 6) is 0. The van der Waals surface area contributed by atoms with Gasteiger partial charge in [0.05, 0.1) is 59.4 Å². The second-order valence-corrected chi connectivity index (χ2v) is 57.3. The Morgan fingerprint density at radius 3 is 0.956 bits per heavy atom. The maximum atomic E-state index is 2.59. The first-order valence-electron chi connectivity index (χ1n) is 43.5. The highest BCUT2D eigenvalue weighted by molar-refractivity contribution is 6.92. The summed E-state index contributed by atoms with van der Waals surface area (Å²) in [6.07, 6.45) is 30.4. The third-order valence-electron chi connectivity index (χ3n) is 29.1. The minimum atomic E-state index is -1.41. The average Bonchev–Trinajstić information content (AvgIpc) is 0.907. The molecule has 0 radical (unpaired) electrons. The highest BCUT2D eigenvalue weighted by Gasteiger charge is 2.40. The molecule has 0 atom stereocenters. The summed E-state index contributed by atoms with van der Waals surface area (Å²) in [4.78, 5) is 0. The molecular weight excluding hydrogens is 1440 g/mol. The maximum absolute atomic E-state index is 2.59. The molecule has 4 fully saturated rings. The molecular formula is C106H132N4Si4+4. The largest absolute Gasteiger partial charge is 0.220 e. The standard InChI is InChI=1S/C31H36NSi.C26H34NSi.C25H32NSi.C24H30NSi/c1-21-9-7-10-22(2)30(21)25-13-15-28(23(3)19-25)31-29-16-14-27(20-24(29)17-18-32(31)4)33(5,6)26-11-8-12-26;1-18-15-19(2)20(3)25(16-18)26-24-12-11-23(17-21(24)13-14-27(26)4)28(5,6)22-9-7-8-10-22;1-18-10-11-19(2)24(16-18)25-23-13-12-22(17-20(23)14-15-26(25)3)27(4,5)21-8-6-7-9-21;1-18-9-5-8-12-22(18)24-23-14-13-21(17-19(23)15-16-25(24)2)26(3,4)20-10-6-7-11-20/h7,9-10,13-20,26H,8,11-12H2,1-6H3;11-17,22H,7-10H2,1-6H3;10-17,21H,6-9H2,1-5H3;5,8-9,12-17,20H,6-7,10-11H2,1-4H3/q4*+1. The van der Waals surface area contributed by atoms with Gasteiger partial charge in [0.2, 0.25) is 22.8 Å². The van der Waals surface area contributed by atoms with E-state index in [9.17, 15) is 0 Å². The number of hydrogen-bond donors (Lipinski definition) is 0. The molecule has 0 bridgehead atoms. The van der Waals surface area contributed by atoms with E-state index in [1.54, 1.807) is 20.7 Å². The van der Waals surface area contributed by atoms with Gasteiger partial charge in [0.25, 0.3) is 0 Å². The van der Waals surface area contributed by atoms with Crippen molar-refractivity contribution in [1.29, 1.82) is 0 Å². The smallest absolute Gasteiger partial charge is 0.200 e. The van der Waals surface area contributed by atoms with Crippen LogP contribution >= 0.6 is 0 Å². The van der Waals surface area contributed by atoms with Crippen molar-refractivity contribution < 1.29 is 18.3 Å². The summed E-state index contributed by atoms with van der Waals surface area (Å²) < 4.78 is 9.13. The number of rotatable bonds is 13. The first-order chi connectivity index (χ1) is 54.4. The van der Waals surface area contributed by atoms with E-state index in [0.717, 1.165) is 22.2 Å². The number of aryl methyl sites for hydroxylation is 12. The highest BCUT2D eigenvalue weighted by Crippen LogP contribution is 2.45. The lowest BCUT2D eigenvalue weighted by atomic mass is 9.92. The quantitative estimate of drug-likeness (QED) is 0.0808. The van der Waals surface area contributed by atoms with Crippen LogP contribution in [0.3, 0.4) is 0 Å². The van der Waals surface area contributed by atoms with Crippen LogP contribution in [0.5, 0.6) is 0 Å². The van der Waals surface area contributed by atoms with Crippen molar-refractivity contribution in [3.63, 3.8) is 0 Å². The molecule has 0 aliphatic heterocycles. The fourth-order valence-electron chi connectivity index (χ4n) is 20.9. The minimum Gasteiger partial charge on any atom is -0.200 e. The molecule has 0 unspecified atom stereocenters. The number of hydrogen-bond acceptors (Lipinski definition) is 0. The predicted octanol–water partition coefficient (Wildman–Crippen LogP) is 24.8. The monoisotopic (exact) mass is 1570 g/mol. The van der Waals surface area contributed by atoms with E-state index in [2.05, 4.69) is 374 Å². The Balaban J connectivity index is 0.000000126. The Morgan fingerprint density at radius 2 is 0.588 bits per heavy atom. The van der Waals surface area contributed by atoms with Crippen molar-refractivity contribution in [2.24, 2.45) is 28.2 Å². The van der Waals surface area contributed by atoms with Gasteiger partial charge in [-0.05, 0) is 205 Å². The van der Waals surface area contributed by atoms with Gasteiger partial charge in [0, 0.05) is 41.0 Å². The molecule has 588 valence electrons. The van der Waals surface area contributed by atoms with Crippen LogP contribution in [0.15, 0.2) is 213 Å². The first-order valence-corrected chi connectivity index (χ1v) is 55.8. The van der Waals surface area contributed by atoms with Gasteiger partial charge in [-0.15, -0.1) is 0 Å². The van der Waals surface area contributed by atoms with E-state index in [0.29, 0.717) is 0 Å². The topological polar surface area (TPSA) is 15.5 Å². The molecule has 4 heterocycles. The van der Waals surface area contributed by atoms with Gasteiger partial charge in [-0.3, -0.25) is 0 Å². The van der Waals surface area contributed by atoms with Crippen LogP contribution in [0.1, 0.15) is 146 Å². The normalized spacial score (nSPS) is 15.3. The van der Waals surface area contributed by atoms with E-state index in [1.165, 1.54) is 246 Å². The van der Waals surface area contributed by atoms with Crippen molar-refractivity contribution in [2.75, 3.05) is 0 Å². The van der Waals surface area contributed by atoms with Gasteiger partial charge in [-0.1, -0.05) is 296 Å². The number of pyridine rings is 4. The fourth-order valence-corrected chi connectivity index (χ4v) is 34.4. The fraction of sp³-hybridized carbons (Fsp3) is 0.377. The molecule has 17 rings (SSSR count). The summed E-state index contributed by atoms with van der Waals surface area (Å²) in [7, 11) is 3.08. The Labute approximate surface area is 689 Å². The Hall–Kier alpha value is -8.51. The molecule has 0 spiro atoms. The minimum absolute atomic E-state index is 0.950. The van der Waals surface area contributed by atoms with Crippen molar-refractivity contribution in [3.8, 4) is 56.2 Å². The third-order valence-corrected chi connectivity index (χ3v) is 46.8. The number of fused-ring (bicyclic) bond motifs is 4. The highest BCUT2D eigenvalue weighted by atomic mass is 28.3. The van der Waals surface area contributed by atoms with Crippen molar-refractivity contribution in [3.05, 3.63) is 263 Å². The van der Waals surface area contributed by atoms with E-state index >= 15 is 0 Å². The lowest BCUT2D eigenvalue weighted by molar-refractivity contribution is -0.659. The molecule has 13 aromatic rings. The SMILES string of the molecule is Cc1cc(-c2c(C)cccc2C)ccc1-c1c2ccc([Si](C)(C)C3CCC3)cc2cc[n+]1C.Cc1cc(C)c(C)c(-c2c3ccc([Si](C)(C)C4CCCC4)cc3cc[n+]2C)c1.Cc1ccc(C)c(-c2c3ccc([Si](C)(C)C4CCCC4)cc3cc[n+]2C)c1.Cc1ccccc1-c1c2ccc([Si](C)(C)C3CCCC3)cc2cc[n+]1C. The lowest BCUT2D eigenvalue weighted by Gasteiger charge is -2.39. The van der Waals surface area contributed by atoms with E-state index < -0.39 is 32.3 Å². The molecule has 4 aromatic heterocycles. The Kier molecular flexibility index (Phi) is 24.2. The van der Waals surface area contributed by atoms with Gasteiger partial charge in [-0.25, -0.2) is 18.3 Å². The average molecular weight is 1570 g/mol. The summed E-state index contributed by atoms with van der Waals surface area (Å²) in [6, 6.07) is 72.3. The van der Waals surface area contributed by atoms with Crippen LogP contribution in [0, 0.1) is 62.3 Å². The molecule has 0 amide bonds. The van der Waals surface area contributed by atoms with Crippen LogP contribution in [-0.2, 0) is 28.2 Å². The van der Waals surface area contributed by atoms with Gasteiger partial charge in [0.1, 0.15) is 28.2 Å². The van der Waals surface area contributed by atoms with Crippen LogP contribution in [0.4, 0.5) is 0 Å². The molecule has 4 nitrogen and oxygen atoms in total. The molecule has 4 aliphatic rings. The Morgan fingerprint density at radius 1 is 0.254 bits per heavy atom. The van der Waals surface area contributed by atoms with E-state index in [1.807, 2.05) is 0 Å². The molecule has 4 saturated carbocycles. The zero-order chi connectivity index (χ0) is 80.9. The molecule has 0 saturated heterocycles. The van der Waals surface area contributed by atoms with Gasteiger partial charge >= 0.3 is 0 Å². The first kappa shape index (κ1) is 82.0. The van der Waals surface area contributed by atoms with Crippen LogP contribution in [0.25, 0.3) is 99.2 Å². The summed E-state index contributed by atoms with van der Waals surface area (Å²) in [5.41, 5.74) is 29.3. The van der Waals surface area contributed by atoms with Crippen LogP contribution in [0.2, 0.25) is 74.5 Å². The number of nitrogens with zero attached hydrogens (tertiary/aromatic N) is 4. The van der Waals surface area contributed by atoms with Crippen molar-refractivity contribution >= 4 is 96.1 Å². The number of benzene rings is 9. The predicted molar refractivity (Wildman–Crippen MR) is 503 cm³/mol. The molecule has 114 heavy (non-hydrogen) atoms. The van der Waals surface area contributed by atoms with Crippen molar-refractivity contribution in [1.82, 2.24) is 0 Å². The van der Waals surface area contributed by atoms with Gasteiger partial charge in [-0.2, -0.15) is 0 Å². The summed E-state index contributed by atoms with van der Waals surface area (Å²) >= 11 is 0. The molecule has 4 aliphatic carbocycles. The second-order valence-electron chi connectivity index (χ2n) is 38.0. The summed E-state index contributed by atoms with van der Waals surface area (Å²) in [5, 5.41) is 17.5. The van der Waals surface area contributed by atoms with Crippen LogP contribution in [-0.4, -0.2) is 32.3 Å².